The van der Waals surface area contributed by atoms with E-state index in [-0.39, 0.29) is 11.9 Å². The number of nitrogens with one attached hydrogen (secondary N) is 1. The fourth-order valence-electron chi connectivity index (χ4n) is 2.31. The highest BCUT2D eigenvalue weighted by Crippen LogP contribution is 2.17. The van der Waals surface area contributed by atoms with Gasteiger partial charge >= 0.3 is 6.09 Å². The number of likely N-dealkylation sites (tertiary alicyclic amines) is 1. The summed E-state index contributed by atoms with van der Waals surface area (Å²) in [6.07, 6.45) is 0.369. The minimum atomic E-state index is -0.443. The lowest BCUT2D eigenvalue weighted by atomic mass is 10.1. The van der Waals surface area contributed by atoms with Crippen LogP contribution in [0, 0.1) is 17.1 Å². The van der Waals surface area contributed by atoms with Gasteiger partial charge in [-0.25, -0.2) is 9.18 Å². The van der Waals surface area contributed by atoms with Crippen molar-refractivity contribution in [3.63, 3.8) is 0 Å². The molecule has 1 aromatic carbocycles. The summed E-state index contributed by atoms with van der Waals surface area (Å²) in [5, 5.41) is 11.4. The molecule has 5 nitrogen and oxygen atoms in total. The van der Waals surface area contributed by atoms with Crippen LogP contribution >= 0.6 is 0 Å². The van der Waals surface area contributed by atoms with E-state index in [0.717, 1.165) is 13.0 Å². The summed E-state index contributed by atoms with van der Waals surface area (Å²) < 4.78 is 18.3. The van der Waals surface area contributed by atoms with Gasteiger partial charge in [-0.3, -0.25) is 4.90 Å². The Labute approximate surface area is 116 Å². The van der Waals surface area contributed by atoms with Crippen molar-refractivity contribution < 1.29 is 13.9 Å². The van der Waals surface area contributed by atoms with Gasteiger partial charge in [0.2, 0.25) is 0 Å². The van der Waals surface area contributed by atoms with Crippen LogP contribution in [0.15, 0.2) is 18.2 Å². The quantitative estimate of drug-likeness (QED) is 0.912. The molecule has 1 aliphatic rings. The van der Waals surface area contributed by atoms with Gasteiger partial charge in [-0.1, -0.05) is 6.07 Å². The van der Waals surface area contributed by atoms with Crippen molar-refractivity contribution in [1.29, 1.82) is 5.26 Å². The van der Waals surface area contributed by atoms with Crippen LogP contribution in [0.2, 0.25) is 0 Å². The van der Waals surface area contributed by atoms with Crippen LogP contribution in [0.25, 0.3) is 0 Å². The van der Waals surface area contributed by atoms with Gasteiger partial charge in [0.1, 0.15) is 5.82 Å². The van der Waals surface area contributed by atoms with Crippen molar-refractivity contribution >= 4 is 6.09 Å². The highest BCUT2D eigenvalue weighted by atomic mass is 19.1. The summed E-state index contributed by atoms with van der Waals surface area (Å²) in [6, 6.07) is 6.43. The number of rotatable bonds is 3. The Hall–Kier alpha value is -2.13. The Morgan fingerprint density at radius 1 is 1.65 bits per heavy atom. The Morgan fingerprint density at radius 3 is 3.10 bits per heavy atom. The number of halogens is 1. The molecule has 20 heavy (non-hydrogen) atoms. The average Bonchev–Trinajstić information content (AvgIpc) is 2.88. The van der Waals surface area contributed by atoms with E-state index in [2.05, 4.69) is 15.0 Å². The number of alkyl carbamates (subject to hydrolysis) is 1. The molecule has 0 aromatic heterocycles. The maximum absolute atomic E-state index is 13.8. The van der Waals surface area contributed by atoms with Crippen molar-refractivity contribution in [3.05, 3.63) is 35.1 Å². The molecule has 0 spiro atoms. The first-order valence-corrected chi connectivity index (χ1v) is 6.37. The molecule has 1 unspecified atom stereocenters. The number of hydrogen-bond donors (Lipinski definition) is 1. The van der Waals surface area contributed by atoms with Crippen molar-refractivity contribution in [1.82, 2.24) is 10.2 Å². The third-order valence-corrected chi connectivity index (χ3v) is 3.36. The molecule has 1 aromatic rings. The van der Waals surface area contributed by atoms with E-state index in [1.165, 1.54) is 13.2 Å². The highest BCUT2D eigenvalue weighted by Gasteiger charge is 2.24. The first-order chi connectivity index (χ1) is 9.62. The number of hydrogen-bond acceptors (Lipinski definition) is 4. The maximum atomic E-state index is 13.8. The molecule has 1 amide bonds. The molecule has 1 aliphatic heterocycles. The minimum Gasteiger partial charge on any atom is -0.453 e. The van der Waals surface area contributed by atoms with Crippen molar-refractivity contribution in [2.75, 3.05) is 20.2 Å². The summed E-state index contributed by atoms with van der Waals surface area (Å²) in [4.78, 5) is 13.2. The standard InChI is InChI=1S/C14H16FN3O2/c1-20-14(19)17-12-4-5-18(9-12)8-11-3-2-10(7-16)6-13(11)15/h2-3,6,12H,4-5,8-9H2,1H3,(H,17,19). The number of amides is 1. The number of ether oxygens (including phenoxy) is 1. The monoisotopic (exact) mass is 277 g/mol. The molecular weight excluding hydrogens is 261 g/mol. The predicted molar refractivity (Wildman–Crippen MR) is 70.3 cm³/mol. The van der Waals surface area contributed by atoms with E-state index in [1.807, 2.05) is 6.07 Å². The Morgan fingerprint density at radius 2 is 2.45 bits per heavy atom. The fourth-order valence-corrected chi connectivity index (χ4v) is 2.31. The van der Waals surface area contributed by atoms with E-state index in [9.17, 15) is 9.18 Å². The molecule has 0 radical (unpaired) electrons. The lowest BCUT2D eigenvalue weighted by Gasteiger charge is -2.16. The van der Waals surface area contributed by atoms with Crippen LogP contribution in [0.4, 0.5) is 9.18 Å². The van der Waals surface area contributed by atoms with Gasteiger partial charge in [-0.05, 0) is 18.6 Å². The molecule has 6 heteroatoms. The molecule has 1 N–H and O–H groups in total. The zero-order valence-corrected chi connectivity index (χ0v) is 11.2. The van der Waals surface area contributed by atoms with E-state index in [4.69, 9.17) is 5.26 Å². The third kappa shape index (κ3) is 3.45. The number of nitriles is 1. The summed E-state index contributed by atoms with van der Waals surface area (Å²) in [6.45, 7) is 1.92. The summed E-state index contributed by atoms with van der Waals surface area (Å²) in [5.74, 6) is -0.367. The van der Waals surface area contributed by atoms with Crippen LogP contribution in [0.1, 0.15) is 17.5 Å². The van der Waals surface area contributed by atoms with Crippen LogP contribution in [-0.2, 0) is 11.3 Å². The predicted octanol–water partition coefficient (Wildman–Crippen LogP) is 1.63. The molecule has 0 bridgehead atoms. The van der Waals surface area contributed by atoms with E-state index in [0.29, 0.717) is 24.2 Å². The molecule has 106 valence electrons. The van der Waals surface area contributed by atoms with Gasteiger partial charge in [0.05, 0.1) is 18.7 Å². The molecule has 1 saturated heterocycles. The second-order valence-corrected chi connectivity index (χ2v) is 4.77. The topological polar surface area (TPSA) is 65.4 Å². The minimum absolute atomic E-state index is 0.0314. The molecular formula is C14H16FN3O2. The van der Waals surface area contributed by atoms with Crippen molar-refractivity contribution in [2.45, 2.75) is 19.0 Å². The number of nitrogens with zero attached hydrogens (tertiary/aromatic N) is 2. The van der Waals surface area contributed by atoms with Gasteiger partial charge in [0.25, 0.3) is 0 Å². The molecule has 0 saturated carbocycles. The second-order valence-electron chi connectivity index (χ2n) is 4.77. The molecule has 2 rings (SSSR count). The fraction of sp³-hybridized carbons (Fsp3) is 0.429. The number of benzene rings is 1. The lowest BCUT2D eigenvalue weighted by Crippen LogP contribution is -2.36. The Bertz CT molecular complexity index is 542. The van der Waals surface area contributed by atoms with Gasteiger partial charge < -0.3 is 10.1 Å². The Balaban J connectivity index is 1.92. The SMILES string of the molecule is COC(=O)NC1CCN(Cc2ccc(C#N)cc2F)C1. The Kier molecular flexibility index (Phi) is 4.53. The van der Waals surface area contributed by atoms with Gasteiger partial charge in [-0.15, -0.1) is 0 Å². The van der Waals surface area contributed by atoms with E-state index >= 15 is 0 Å². The average molecular weight is 277 g/mol. The molecule has 1 fully saturated rings. The summed E-state index contributed by atoms with van der Waals surface area (Å²) in [5.41, 5.74) is 0.876. The smallest absolute Gasteiger partial charge is 0.407 e. The number of carbonyl (C=O) groups excluding carboxylic acids is 1. The summed E-state index contributed by atoms with van der Waals surface area (Å²) in [7, 11) is 1.33. The largest absolute Gasteiger partial charge is 0.453 e. The second kappa shape index (κ2) is 6.35. The van der Waals surface area contributed by atoms with Gasteiger partial charge in [-0.2, -0.15) is 5.26 Å². The highest BCUT2D eigenvalue weighted by molar-refractivity contribution is 5.67. The van der Waals surface area contributed by atoms with E-state index in [1.54, 1.807) is 12.1 Å². The van der Waals surface area contributed by atoms with Crippen LogP contribution in [0.3, 0.4) is 0 Å². The van der Waals surface area contributed by atoms with E-state index < -0.39 is 6.09 Å². The van der Waals surface area contributed by atoms with Crippen LogP contribution in [0.5, 0.6) is 0 Å². The molecule has 1 atom stereocenters. The van der Waals surface area contributed by atoms with Crippen LogP contribution in [-0.4, -0.2) is 37.2 Å². The number of methoxy groups -OCH3 is 1. The maximum Gasteiger partial charge on any atom is 0.407 e. The zero-order chi connectivity index (χ0) is 14.5. The van der Waals surface area contributed by atoms with Crippen molar-refractivity contribution in [2.24, 2.45) is 0 Å². The first kappa shape index (κ1) is 14.3. The molecule has 1 heterocycles. The van der Waals surface area contributed by atoms with Gasteiger partial charge in [0.15, 0.2) is 0 Å². The van der Waals surface area contributed by atoms with Crippen LogP contribution < -0.4 is 5.32 Å². The normalized spacial score (nSPS) is 18.6. The van der Waals surface area contributed by atoms with Gasteiger partial charge in [0, 0.05) is 31.2 Å². The first-order valence-electron chi connectivity index (χ1n) is 6.37. The molecule has 0 aliphatic carbocycles. The van der Waals surface area contributed by atoms with Crippen molar-refractivity contribution in [3.8, 4) is 6.07 Å². The third-order valence-electron chi connectivity index (χ3n) is 3.36. The lowest BCUT2D eigenvalue weighted by molar-refractivity contribution is 0.166. The summed E-state index contributed by atoms with van der Waals surface area (Å²) >= 11 is 0. The number of carbonyl (C=O) groups is 1. The zero-order valence-electron chi connectivity index (χ0n) is 11.2.